The zero-order valence-corrected chi connectivity index (χ0v) is 8.43. The summed E-state index contributed by atoms with van der Waals surface area (Å²) >= 11 is 0. The van der Waals surface area contributed by atoms with E-state index in [2.05, 4.69) is 32.4 Å². The number of hydrogen-bond acceptors (Lipinski definition) is 1. The monoisotopic (exact) mass is 165 g/mol. The summed E-state index contributed by atoms with van der Waals surface area (Å²) in [6.45, 7) is 10.7. The molecular weight excluding hydrogens is 146 g/mol. The predicted molar refractivity (Wildman–Crippen MR) is 54.2 cm³/mol. The molecule has 0 aromatic carbocycles. The minimum Gasteiger partial charge on any atom is -0.302 e. The van der Waals surface area contributed by atoms with Crippen molar-refractivity contribution in [1.82, 2.24) is 4.90 Å². The van der Waals surface area contributed by atoms with Gasteiger partial charge in [0.15, 0.2) is 0 Å². The Morgan fingerprint density at radius 3 is 2.67 bits per heavy atom. The Kier molecular flexibility index (Phi) is 3.10. The van der Waals surface area contributed by atoms with Crippen LogP contribution in [0.3, 0.4) is 0 Å². The standard InChI is InChI=1S/C11H19N/c1-5-10-8-12(4)7-6-11(10)9(2)3/h5,9H,1,6-8H2,2-4H3. The van der Waals surface area contributed by atoms with Crippen molar-refractivity contribution in [3.8, 4) is 0 Å². The van der Waals surface area contributed by atoms with Crippen LogP contribution >= 0.6 is 0 Å². The van der Waals surface area contributed by atoms with Gasteiger partial charge < -0.3 is 4.90 Å². The van der Waals surface area contributed by atoms with Crippen molar-refractivity contribution >= 4 is 0 Å². The maximum absolute atomic E-state index is 3.87. The van der Waals surface area contributed by atoms with Crippen molar-refractivity contribution in [3.63, 3.8) is 0 Å². The first-order valence-electron chi connectivity index (χ1n) is 4.68. The highest BCUT2D eigenvalue weighted by Crippen LogP contribution is 2.24. The van der Waals surface area contributed by atoms with Gasteiger partial charge in [0.2, 0.25) is 0 Å². The van der Waals surface area contributed by atoms with Crippen molar-refractivity contribution in [1.29, 1.82) is 0 Å². The van der Waals surface area contributed by atoms with E-state index >= 15 is 0 Å². The smallest absolute Gasteiger partial charge is 0.0230 e. The van der Waals surface area contributed by atoms with E-state index in [1.807, 2.05) is 6.08 Å². The van der Waals surface area contributed by atoms with Crippen LogP contribution in [0.5, 0.6) is 0 Å². The lowest BCUT2D eigenvalue weighted by Crippen LogP contribution is -2.28. The van der Waals surface area contributed by atoms with E-state index in [4.69, 9.17) is 0 Å². The van der Waals surface area contributed by atoms with Gasteiger partial charge in [0, 0.05) is 13.1 Å². The minimum atomic E-state index is 0.687. The van der Waals surface area contributed by atoms with Gasteiger partial charge in [0.25, 0.3) is 0 Å². The van der Waals surface area contributed by atoms with Crippen molar-refractivity contribution in [2.24, 2.45) is 5.92 Å². The Bertz CT molecular complexity index is 201. The van der Waals surface area contributed by atoms with Gasteiger partial charge in [-0.3, -0.25) is 0 Å². The summed E-state index contributed by atoms with van der Waals surface area (Å²) in [7, 11) is 2.17. The molecule has 0 radical (unpaired) electrons. The summed E-state index contributed by atoms with van der Waals surface area (Å²) in [5.41, 5.74) is 3.04. The summed E-state index contributed by atoms with van der Waals surface area (Å²) in [4.78, 5) is 2.35. The Hall–Kier alpha value is -0.560. The summed E-state index contributed by atoms with van der Waals surface area (Å²) in [6, 6.07) is 0. The second-order valence-corrected chi connectivity index (χ2v) is 3.90. The maximum Gasteiger partial charge on any atom is 0.0230 e. The first-order chi connectivity index (χ1) is 5.65. The largest absolute Gasteiger partial charge is 0.302 e. The number of nitrogens with zero attached hydrogens (tertiary/aromatic N) is 1. The molecule has 68 valence electrons. The van der Waals surface area contributed by atoms with Gasteiger partial charge in [-0.25, -0.2) is 0 Å². The van der Waals surface area contributed by atoms with Crippen molar-refractivity contribution in [2.45, 2.75) is 20.3 Å². The summed E-state index contributed by atoms with van der Waals surface area (Å²) in [5.74, 6) is 0.687. The molecule has 1 heterocycles. The molecule has 12 heavy (non-hydrogen) atoms. The van der Waals surface area contributed by atoms with Gasteiger partial charge >= 0.3 is 0 Å². The molecule has 0 aromatic rings. The highest BCUT2D eigenvalue weighted by atomic mass is 15.1. The van der Waals surface area contributed by atoms with Crippen molar-refractivity contribution in [2.75, 3.05) is 20.1 Å². The van der Waals surface area contributed by atoms with E-state index in [-0.39, 0.29) is 0 Å². The van der Waals surface area contributed by atoms with E-state index in [1.54, 1.807) is 5.57 Å². The van der Waals surface area contributed by atoms with Crippen LogP contribution in [0, 0.1) is 5.92 Å². The molecular formula is C11H19N. The van der Waals surface area contributed by atoms with E-state index in [1.165, 1.54) is 18.5 Å². The normalized spacial score (nSPS) is 20.3. The van der Waals surface area contributed by atoms with Gasteiger partial charge in [0.1, 0.15) is 0 Å². The van der Waals surface area contributed by atoms with E-state index in [0.717, 1.165) is 6.54 Å². The van der Waals surface area contributed by atoms with E-state index < -0.39 is 0 Å². The quantitative estimate of drug-likeness (QED) is 0.607. The molecule has 1 heteroatoms. The second kappa shape index (κ2) is 3.90. The zero-order valence-electron chi connectivity index (χ0n) is 8.43. The highest BCUT2D eigenvalue weighted by Gasteiger charge is 2.15. The van der Waals surface area contributed by atoms with E-state index in [9.17, 15) is 0 Å². The van der Waals surface area contributed by atoms with Gasteiger partial charge in [-0.05, 0) is 25.0 Å². The van der Waals surface area contributed by atoms with Crippen molar-refractivity contribution in [3.05, 3.63) is 23.8 Å². The summed E-state index contributed by atoms with van der Waals surface area (Å²) < 4.78 is 0. The molecule has 1 aliphatic heterocycles. The van der Waals surface area contributed by atoms with Crippen LogP contribution in [0.4, 0.5) is 0 Å². The average molecular weight is 165 g/mol. The van der Waals surface area contributed by atoms with Gasteiger partial charge in [-0.2, -0.15) is 0 Å². The fraction of sp³-hybridized carbons (Fsp3) is 0.636. The maximum atomic E-state index is 3.87. The fourth-order valence-corrected chi connectivity index (χ4v) is 1.80. The minimum absolute atomic E-state index is 0.687. The molecule has 1 aliphatic rings. The van der Waals surface area contributed by atoms with Crippen LogP contribution in [-0.4, -0.2) is 25.0 Å². The summed E-state index contributed by atoms with van der Waals surface area (Å²) in [5, 5.41) is 0. The average Bonchev–Trinajstić information content (AvgIpc) is 2.03. The Morgan fingerprint density at radius 1 is 1.50 bits per heavy atom. The van der Waals surface area contributed by atoms with E-state index in [0.29, 0.717) is 5.92 Å². The second-order valence-electron chi connectivity index (χ2n) is 3.90. The molecule has 0 atom stereocenters. The first kappa shape index (κ1) is 9.53. The topological polar surface area (TPSA) is 3.24 Å². The Balaban J connectivity index is 2.83. The van der Waals surface area contributed by atoms with Gasteiger partial charge in [-0.1, -0.05) is 32.1 Å². The number of rotatable bonds is 2. The Labute approximate surface area is 75.8 Å². The highest BCUT2D eigenvalue weighted by molar-refractivity contribution is 5.29. The number of hydrogen-bond donors (Lipinski definition) is 0. The third kappa shape index (κ3) is 1.98. The van der Waals surface area contributed by atoms with Gasteiger partial charge in [0.05, 0.1) is 0 Å². The van der Waals surface area contributed by atoms with Crippen LogP contribution in [-0.2, 0) is 0 Å². The molecule has 0 unspecified atom stereocenters. The Morgan fingerprint density at radius 2 is 2.17 bits per heavy atom. The lowest BCUT2D eigenvalue weighted by molar-refractivity contribution is 0.343. The van der Waals surface area contributed by atoms with Crippen molar-refractivity contribution < 1.29 is 0 Å². The van der Waals surface area contributed by atoms with Crippen LogP contribution in [0.15, 0.2) is 23.8 Å². The molecule has 0 bridgehead atoms. The molecule has 0 N–H and O–H groups in total. The third-order valence-corrected chi connectivity index (χ3v) is 2.56. The molecule has 1 nitrogen and oxygen atoms in total. The SMILES string of the molecule is C=CC1=C(C(C)C)CCN(C)C1. The molecule has 1 rings (SSSR count). The fourth-order valence-electron chi connectivity index (χ4n) is 1.80. The molecule has 0 spiro atoms. The molecule has 0 saturated heterocycles. The van der Waals surface area contributed by atoms with Crippen LogP contribution < -0.4 is 0 Å². The molecule has 0 aromatic heterocycles. The molecule has 0 saturated carbocycles. The number of likely N-dealkylation sites (N-methyl/N-ethyl adjacent to an activating group) is 1. The third-order valence-electron chi connectivity index (χ3n) is 2.56. The summed E-state index contributed by atoms with van der Waals surface area (Å²) in [6.07, 6.45) is 3.24. The van der Waals surface area contributed by atoms with Crippen LogP contribution in [0.25, 0.3) is 0 Å². The molecule has 0 aliphatic carbocycles. The zero-order chi connectivity index (χ0) is 9.14. The molecule has 0 amide bonds. The van der Waals surface area contributed by atoms with Gasteiger partial charge in [-0.15, -0.1) is 0 Å². The lowest BCUT2D eigenvalue weighted by Gasteiger charge is -2.28. The molecule has 0 fully saturated rings. The first-order valence-corrected chi connectivity index (χ1v) is 4.68. The van der Waals surface area contributed by atoms with Crippen LogP contribution in [0.1, 0.15) is 20.3 Å². The lowest BCUT2D eigenvalue weighted by atomic mass is 9.91. The predicted octanol–water partition coefficient (Wildman–Crippen LogP) is 2.46. The van der Waals surface area contributed by atoms with Crippen LogP contribution in [0.2, 0.25) is 0 Å².